The summed E-state index contributed by atoms with van der Waals surface area (Å²) in [7, 11) is 1.73. The van der Waals surface area contributed by atoms with Gasteiger partial charge >= 0.3 is 6.18 Å². The Labute approximate surface area is 107 Å². The first-order valence-electron chi connectivity index (χ1n) is 5.44. The van der Waals surface area contributed by atoms with Crippen molar-refractivity contribution in [2.24, 2.45) is 7.05 Å². The molecule has 0 fully saturated rings. The highest BCUT2D eigenvalue weighted by Crippen LogP contribution is 2.31. The van der Waals surface area contributed by atoms with Crippen molar-refractivity contribution < 1.29 is 17.9 Å². The lowest BCUT2D eigenvalue weighted by molar-refractivity contribution is -0.137. The first-order chi connectivity index (χ1) is 8.86. The molecule has 2 rings (SSSR count). The van der Waals surface area contributed by atoms with E-state index in [1.54, 1.807) is 17.8 Å². The maximum Gasteiger partial charge on any atom is 0.416 e. The number of aromatic nitrogens is 2. The van der Waals surface area contributed by atoms with Gasteiger partial charge in [-0.15, -0.1) is 0 Å². The molecule has 0 atom stereocenters. The van der Waals surface area contributed by atoms with E-state index in [1.807, 2.05) is 0 Å². The third kappa shape index (κ3) is 3.18. The molecule has 7 heteroatoms. The molecule has 0 unspecified atom stereocenters. The molecule has 0 aliphatic rings. The van der Waals surface area contributed by atoms with Gasteiger partial charge in [0.05, 0.1) is 5.56 Å². The van der Waals surface area contributed by atoms with Crippen LogP contribution in [-0.2, 0) is 19.8 Å². The Bertz CT molecular complexity index is 578. The van der Waals surface area contributed by atoms with Crippen molar-refractivity contribution in [3.63, 3.8) is 0 Å². The molecule has 1 aromatic carbocycles. The van der Waals surface area contributed by atoms with Gasteiger partial charge < -0.3 is 15.0 Å². The Morgan fingerprint density at radius 1 is 1.37 bits per heavy atom. The predicted molar refractivity (Wildman–Crippen MR) is 63.4 cm³/mol. The Hall–Kier alpha value is -2.18. The lowest BCUT2D eigenvalue weighted by Gasteiger charge is -2.10. The van der Waals surface area contributed by atoms with E-state index in [2.05, 4.69) is 4.98 Å². The minimum absolute atomic E-state index is 0.0506. The molecular formula is C12H12F3N3O. The van der Waals surface area contributed by atoms with Crippen LogP contribution in [0.15, 0.2) is 30.5 Å². The van der Waals surface area contributed by atoms with E-state index in [9.17, 15) is 13.2 Å². The van der Waals surface area contributed by atoms with Gasteiger partial charge in [0.15, 0.2) is 0 Å². The summed E-state index contributed by atoms with van der Waals surface area (Å²) in [5.74, 6) is 1.01. The molecule has 0 spiro atoms. The summed E-state index contributed by atoms with van der Waals surface area (Å²) in [6.45, 7) is 0.0506. The normalized spacial score (nSPS) is 11.6. The summed E-state index contributed by atoms with van der Waals surface area (Å²) >= 11 is 0. The third-order valence-corrected chi connectivity index (χ3v) is 2.52. The van der Waals surface area contributed by atoms with Gasteiger partial charge in [0, 0.05) is 13.2 Å². The van der Waals surface area contributed by atoms with Crippen molar-refractivity contribution >= 4 is 5.82 Å². The van der Waals surface area contributed by atoms with Crippen molar-refractivity contribution in [2.75, 3.05) is 5.73 Å². The van der Waals surface area contributed by atoms with Gasteiger partial charge in [0.25, 0.3) is 0 Å². The number of rotatable bonds is 3. The second-order valence-electron chi connectivity index (χ2n) is 4.01. The number of hydrogen-bond donors (Lipinski definition) is 1. The fraction of sp³-hybridized carbons (Fsp3) is 0.250. The average molecular weight is 271 g/mol. The zero-order chi connectivity index (χ0) is 14.0. The van der Waals surface area contributed by atoms with Crippen molar-refractivity contribution in [2.45, 2.75) is 12.8 Å². The molecule has 4 nitrogen and oxygen atoms in total. The van der Waals surface area contributed by atoms with Gasteiger partial charge in [-0.2, -0.15) is 13.2 Å². The zero-order valence-corrected chi connectivity index (χ0v) is 10.1. The van der Waals surface area contributed by atoms with E-state index in [0.29, 0.717) is 11.6 Å². The summed E-state index contributed by atoms with van der Waals surface area (Å²) in [5, 5.41) is 0. The molecular weight excluding hydrogens is 259 g/mol. The van der Waals surface area contributed by atoms with Crippen LogP contribution < -0.4 is 10.5 Å². The number of anilines is 1. The molecule has 0 saturated carbocycles. The van der Waals surface area contributed by atoms with Crippen LogP contribution in [0.3, 0.4) is 0 Å². The molecule has 2 N–H and O–H groups in total. The Balaban J connectivity index is 2.10. The van der Waals surface area contributed by atoms with E-state index < -0.39 is 11.7 Å². The Morgan fingerprint density at radius 2 is 2.11 bits per heavy atom. The van der Waals surface area contributed by atoms with E-state index in [4.69, 9.17) is 10.5 Å². The number of nitrogens with zero attached hydrogens (tertiary/aromatic N) is 2. The molecule has 0 bridgehead atoms. The first-order valence-corrected chi connectivity index (χ1v) is 5.44. The summed E-state index contributed by atoms with van der Waals surface area (Å²) in [6, 6.07) is 4.70. The number of imidazole rings is 1. The quantitative estimate of drug-likeness (QED) is 0.933. The lowest BCUT2D eigenvalue weighted by Crippen LogP contribution is -2.06. The van der Waals surface area contributed by atoms with Crippen LogP contribution in [-0.4, -0.2) is 9.55 Å². The third-order valence-electron chi connectivity index (χ3n) is 2.52. The van der Waals surface area contributed by atoms with Crippen LogP contribution in [0.5, 0.6) is 5.75 Å². The first kappa shape index (κ1) is 13.3. The van der Waals surface area contributed by atoms with Crippen molar-refractivity contribution in [3.05, 3.63) is 41.9 Å². The molecule has 1 aromatic heterocycles. The molecule has 0 aliphatic heterocycles. The van der Waals surface area contributed by atoms with Crippen LogP contribution >= 0.6 is 0 Å². The molecule has 19 heavy (non-hydrogen) atoms. The van der Waals surface area contributed by atoms with E-state index in [-0.39, 0.29) is 12.4 Å². The minimum Gasteiger partial charge on any atom is -0.486 e. The van der Waals surface area contributed by atoms with E-state index >= 15 is 0 Å². The maximum absolute atomic E-state index is 12.5. The number of aryl methyl sites for hydroxylation is 1. The molecule has 0 saturated heterocycles. The van der Waals surface area contributed by atoms with E-state index in [1.165, 1.54) is 12.1 Å². The number of alkyl halides is 3. The summed E-state index contributed by atoms with van der Waals surface area (Å²) in [5.41, 5.74) is 4.75. The molecule has 102 valence electrons. The van der Waals surface area contributed by atoms with Gasteiger partial charge in [-0.25, -0.2) is 4.98 Å². The standard InChI is InChI=1S/C12H12F3N3O/c1-18-6-10(16)17-11(18)7-19-9-4-2-3-8(5-9)12(13,14)15/h2-6H,7,16H2,1H3. The molecule has 1 heterocycles. The number of benzene rings is 1. The highest BCUT2D eigenvalue weighted by atomic mass is 19.4. The molecule has 0 amide bonds. The Kier molecular flexibility index (Phi) is 3.37. The second kappa shape index (κ2) is 4.83. The maximum atomic E-state index is 12.5. The monoisotopic (exact) mass is 271 g/mol. The van der Waals surface area contributed by atoms with Crippen molar-refractivity contribution in [3.8, 4) is 5.75 Å². The minimum atomic E-state index is -4.38. The van der Waals surface area contributed by atoms with Crippen LogP contribution in [0.2, 0.25) is 0 Å². The van der Waals surface area contributed by atoms with Crippen LogP contribution in [0.25, 0.3) is 0 Å². The number of ether oxygens (including phenoxy) is 1. The topological polar surface area (TPSA) is 53.1 Å². The summed E-state index contributed by atoms with van der Waals surface area (Å²) in [6.07, 6.45) is -2.78. The average Bonchev–Trinajstić information content (AvgIpc) is 2.64. The van der Waals surface area contributed by atoms with Gasteiger partial charge in [-0.1, -0.05) is 6.07 Å². The molecule has 2 aromatic rings. The SMILES string of the molecule is Cn1cc(N)nc1COc1cccc(C(F)(F)F)c1. The van der Waals surface area contributed by atoms with Gasteiger partial charge in [-0.05, 0) is 18.2 Å². The Morgan fingerprint density at radius 3 is 2.68 bits per heavy atom. The van der Waals surface area contributed by atoms with Crippen LogP contribution in [0.4, 0.5) is 19.0 Å². The van der Waals surface area contributed by atoms with Gasteiger partial charge in [0.1, 0.15) is 24.0 Å². The number of halogens is 3. The van der Waals surface area contributed by atoms with Crippen molar-refractivity contribution in [1.82, 2.24) is 9.55 Å². The van der Waals surface area contributed by atoms with Crippen LogP contribution in [0.1, 0.15) is 11.4 Å². The van der Waals surface area contributed by atoms with E-state index in [0.717, 1.165) is 12.1 Å². The highest BCUT2D eigenvalue weighted by Gasteiger charge is 2.30. The molecule has 0 radical (unpaired) electrons. The van der Waals surface area contributed by atoms with Gasteiger partial charge in [-0.3, -0.25) is 0 Å². The largest absolute Gasteiger partial charge is 0.486 e. The number of nitrogens with two attached hydrogens (primary N) is 1. The second-order valence-corrected chi connectivity index (χ2v) is 4.01. The number of nitrogen functional groups attached to an aromatic ring is 1. The van der Waals surface area contributed by atoms with Crippen LogP contribution in [0, 0.1) is 0 Å². The molecule has 0 aliphatic carbocycles. The highest BCUT2D eigenvalue weighted by molar-refractivity contribution is 5.30. The number of hydrogen-bond acceptors (Lipinski definition) is 3. The lowest BCUT2D eigenvalue weighted by atomic mass is 10.2. The van der Waals surface area contributed by atoms with Crippen molar-refractivity contribution in [1.29, 1.82) is 0 Å². The zero-order valence-electron chi connectivity index (χ0n) is 10.1. The summed E-state index contributed by atoms with van der Waals surface area (Å²) in [4.78, 5) is 3.99. The summed E-state index contributed by atoms with van der Waals surface area (Å²) < 4.78 is 44.5. The fourth-order valence-electron chi connectivity index (χ4n) is 1.57. The predicted octanol–water partition coefficient (Wildman–Crippen LogP) is 2.60. The smallest absolute Gasteiger partial charge is 0.416 e. The van der Waals surface area contributed by atoms with Gasteiger partial charge in [0.2, 0.25) is 0 Å². The fourth-order valence-corrected chi connectivity index (χ4v) is 1.57.